The first kappa shape index (κ1) is 19.6. The van der Waals surface area contributed by atoms with Crippen LogP contribution in [0.3, 0.4) is 0 Å². The summed E-state index contributed by atoms with van der Waals surface area (Å²) in [6.45, 7) is 7.45. The number of aryl methyl sites for hydroxylation is 1. The summed E-state index contributed by atoms with van der Waals surface area (Å²) in [5.74, 6) is -0.0901. The molecule has 7 heteroatoms. The lowest BCUT2D eigenvalue weighted by molar-refractivity contribution is -0.0705. The second kappa shape index (κ2) is 7.13. The van der Waals surface area contributed by atoms with E-state index in [-0.39, 0.29) is 5.92 Å². The van der Waals surface area contributed by atoms with Gasteiger partial charge in [-0.1, -0.05) is 25.1 Å². The van der Waals surface area contributed by atoms with Gasteiger partial charge in [0.25, 0.3) is 0 Å². The lowest BCUT2D eigenvalue weighted by atomic mass is 9.80. The first-order chi connectivity index (χ1) is 14.4. The number of hydrogen-bond acceptors (Lipinski definition) is 6. The molecule has 1 saturated heterocycles. The molecule has 3 aromatic rings. The fourth-order valence-electron chi connectivity index (χ4n) is 5.09. The number of nitrogens with one attached hydrogen (secondary N) is 1. The monoisotopic (exact) mass is 408 g/mol. The summed E-state index contributed by atoms with van der Waals surface area (Å²) < 4.78 is 8.17. The first-order valence-electron chi connectivity index (χ1n) is 10.5. The Hall–Kier alpha value is -2.32. The summed E-state index contributed by atoms with van der Waals surface area (Å²) >= 11 is 0. The maximum absolute atomic E-state index is 11.3. The summed E-state index contributed by atoms with van der Waals surface area (Å²) in [5.41, 5.74) is 3.93. The SMILES string of the molecule is Cc1ncnc2c1ccn2[C@@H]1O[C@H]([C@@H](C)c2cccc3c2CNCC3)[C@@](C)(O)[C@H]1O. The van der Waals surface area contributed by atoms with Crippen molar-refractivity contribution in [2.75, 3.05) is 6.54 Å². The van der Waals surface area contributed by atoms with Crippen molar-refractivity contribution >= 4 is 11.0 Å². The van der Waals surface area contributed by atoms with E-state index in [4.69, 9.17) is 4.74 Å². The van der Waals surface area contributed by atoms with Gasteiger partial charge in [-0.3, -0.25) is 0 Å². The molecule has 3 N–H and O–H groups in total. The zero-order chi connectivity index (χ0) is 21.0. The van der Waals surface area contributed by atoms with E-state index in [0.717, 1.165) is 36.2 Å². The van der Waals surface area contributed by atoms with Crippen LogP contribution in [0.25, 0.3) is 11.0 Å². The minimum Gasteiger partial charge on any atom is -0.385 e. The van der Waals surface area contributed by atoms with Crippen LogP contribution in [-0.4, -0.2) is 49.1 Å². The first-order valence-corrected chi connectivity index (χ1v) is 10.5. The van der Waals surface area contributed by atoms with Crippen molar-refractivity contribution in [3.8, 4) is 0 Å². The Morgan fingerprint density at radius 2 is 2.13 bits per heavy atom. The van der Waals surface area contributed by atoms with Crippen LogP contribution >= 0.6 is 0 Å². The van der Waals surface area contributed by atoms with Crippen LogP contribution in [0.15, 0.2) is 36.8 Å². The van der Waals surface area contributed by atoms with Gasteiger partial charge in [0.1, 0.15) is 23.7 Å². The standard InChI is InChI=1S/C23H28N4O3/c1-13(16-6-4-5-15-7-9-24-11-18(15)16)20-23(3,29)19(28)22(30-20)27-10-8-17-14(2)25-12-26-21(17)27/h4-6,8,10,12-13,19-20,22,24,28-29H,7,9,11H2,1-3H3/t13-,19-,20+,22+,23-/m0/s1. The molecule has 5 rings (SSSR count). The minimum absolute atomic E-state index is 0.0901. The van der Waals surface area contributed by atoms with Gasteiger partial charge in [0.2, 0.25) is 0 Å². The molecule has 0 unspecified atom stereocenters. The number of nitrogens with zero attached hydrogens (tertiary/aromatic N) is 3. The molecule has 0 amide bonds. The molecule has 0 aliphatic carbocycles. The lowest BCUT2D eigenvalue weighted by Gasteiger charge is -2.32. The van der Waals surface area contributed by atoms with Crippen molar-refractivity contribution in [1.29, 1.82) is 0 Å². The average molecular weight is 409 g/mol. The number of ether oxygens (including phenoxy) is 1. The largest absolute Gasteiger partial charge is 0.385 e. The van der Waals surface area contributed by atoms with Gasteiger partial charge in [0.15, 0.2) is 6.23 Å². The molecule has 0 radical (unpaired) electrons. The number of aromatic nitrogens is 3. The minimum atomic E-state index is -1.41. The van der Waals surface area contributed by atoms with Gasteiger partial charge in [-0.25, -0.2) is 9.97 Å². The van der Waals surface area contributed by atoms with E-state index in [9.17, 15) is 10.2 Å². The summed E-state index contributed by atoms with van der Waals surface area (Å²) in [6, 6.07) is 8.28. The van der Waals surface area contributed by atoms with Gasteiger partial charge in [0.05, 0.1) is 11.8 Å². The third-order valence-electron chi connectivity index (χ3n) is 6.84. The van der Waals surface area contributed by atoms with Crippen LogP contribution < -0.4 is 5.32 Å². The molecule has 5 atom stereocenters. The van der Waals surface area contributed by atoms with Gasteiger partial charge in [-0.15, -0.1) is 0 Å². The zero-order valence-corrected chi connectivity index (χ0v) is 17.5. The Morgan fingerprint density at radius 3 is 2.97 bits per heavy atom. The number of fused-ring (bicyclic) bond motifs is 2. The summed E-state index contributed by atoms with van der Waals surface area (Å²) in [4.78, 5) is 8.62. The van der Waals surface area contributed by atoms with Crippen molar-refractivity contribution < 1.29 is 14.9 Å². The predicted molar refractivity (Wildman–Crippen MR) is 113 cm³/mol. The van der Waals surface area contributed by atoms with E-state index in [0.29, 0.717) is 5.65 Å². The number of aliphatic hydroxyl groups excluding tert-OH is 1. The Balaban J connectivity index is 1.52. The predicted octanol–water partition coefficient (Wildman–Crippen LogP) is 2.20. The lowest BCUT2D eigenvalue weighted by Crippen LogP contribution is -2.46. The van der Waals surface area contributed by atoms with Crippen LogP contribution in [-0.2, 0) is 17.7 Å². The summed E-state index contributed by atoms with van der Waals surface area (Å²) in [7, 11) is 0. The van der Waals surface area contributed by atoms with Crippen molar-refractivity contribution in [1.82, 2.24) is 19.9 Å². The van der Waals surface area contributed by atoms with Crippen LogP contribution in [0.2, 0.25) is 0 Å². The highest BCUT2D eigenvalue weighted by atomic mass is 16.6. The number of rotatable bonds is 3. The van der Waals surface area contributed by atoms with Crippen LogP contribution in [0.1, 0.15) is 48.4 Å². The Bertz CT molecular complexity index is 1090. The number of aliphatic hydroxyl groups is 2. The van der Waals surface area contributed by atoms with Crippen LogP contribution in [0, 0.1) is 6.92 Å². The van der Waals surface area contributed by atoms with Gasteiger partial charge in [-0.2, -0.15) is 0 Å². The second-order valence-corrected chi connectivity index (χ2v) is 8.74. The Kier molecular flexibility index (Phi) is 4.67. The van der Waals surface area contributed by atoms with Crippen LogP contribution in [0.4, 0.5) is 0 Å². The van der Waals surface area contributed by atoms with Gasteiger partial charge < -0.3 is 24.8 Å². The fraction of sp³-hybridized carbons (Fsp3) is 0.478. The molecule has 2 aliphatic rings. The van der Waals surface area contributed by atoms with E-state index in [1.807, 2.05) is 19.2 Å². The molecule has 1 fully saturated rings. The van der Waals surface area contributed by atoms with Gasteiger partial charge in [0, 0.05) is 24.0 Å². The topological polar surface area (TPSA) is 92.4 Å². The van der Waals surface area contributed by atoms with E-state index in [2.05, 4.69) is 40.4 Å². The molecule has 7 nitrogen and oxygen atoms in total. The molecule has 0 bridgehead atoms. The molecule has 2 aliphatic heterocycles. The molecule has 0 spiro atoms. The van der Waals surface area contributed by atoms with Gasteiger partial charge >= 0.3 is 0 Å². The molecule has 1 aromatic carbocycles. The highest BCUT2D eigenvalue weighted by molar-refractivity contribution is 5.78. The molecule has 2 aromatic heterocycles. The van der Waals surface area contributed by atoms with E-state index >= 15 is 0 Å². The molecular weight excluding hydrogens is 380 g/mol. The fourth-order valence-corrected chi connectivity index (χ4v) is 5.09. The quantitative estimate of drug-likeness (QED) is 0.615. The third-order valence-corrected chi connectivity index (χ3v) is 6.84. The van der Waals surface area contributed by atoms with Crippen molar-refractivity contribution in [3.05, 3.63) is 59.2 Å². The zero-order valence-electron chi connectivity index (χ0n) is 17.5. The summed E-state index contributed by atoms with van der Waals surface area (Å²) in [6.07, 6.45) is 1.98. The van der Waals surface area contributed by atoms with Crippen molar-refractivity contribution in [2.45, 2.75) is 63.7 Å². The van der Waals surface area contributed by atoms with E-state index < -0.39 is 24.0 Å². The highest BCUT2D eigenvalue weighted by Crippen LogP contribution is 2.45. The maximum Gasteiger partial charge on any atom is 0.164 e. The van der Waals surface area contributed by atoms with Gasteiger partial charge in [-0.05, 0) is 49.6 Å². The van der Waals surface area contributed by atoms with E-state index in [1.54, 1.807) is 11.5 Å². The smallest absolute Gasteiger partial charge is 0.164 e. The summed E-state index contributed by atoms with van der Waals surface area (Å²) in [5, 5.41) is 26.7. The molecule has 0 saturated carbocycles. The van der Waals surface area contributed by atoms with Crippen LogP contribution in [0.5, 0.6) is 0 Å². The third kappa shape index (κ3) is 2.88. The average Bonchev–Trinajstić information content (AvgIpc) is 3.27. The second-order valence-electron chi connectivity index (χ2n) is 8.74. The number of benzene rings is 1. The molecule has 158 valence electrons. The molecular formula is C23H28N4O3. The van der Waals surface area contributed by atoms with Crippen molar-refractivity contribution in [2.24, 2.45) is 0 Å². The normalized spacial score (nSPS) is 29.8. The Labute approximate surface area is 175 Å². The maximum atomic E-state index is 11.3. The Morgan fingerprint density at radius 1 is 1.30 bits per heavy atom. The van der Waals surface area contributed by atoms with E-state index in [1.165, 1.54) is 17.5 Å². The highest BCUT2D eigenvalue weighted by Gasteiger charge is 2.55. The number of hydrogen-bond donors (Lipinski definition) is 3. The van der Waals surface area contributed by atoms with Crippen molar-refractivity contribution in [3.63, 3.8) is 0 Å². The molecule has 30 heavy (non-hydrogen) atoms. The molecule has 4 heterocycles.